The molecule has 106 valence electrons. The molecule has 1 aromatic rings. The van der Waals surface area contributed by atoms with Crippen LogP contribution in [0.5, 0.6) is 0 Å². The van der Waals surface area contributed by atoms with E-state index in [0.717, 1.165) is 30.2 Å². The molecule has 1 fully saturated rings. The average Bonchev–Trinajstić information content (AvgIpc) is 2.95. The molecular formula is C10H15N3O4S2. The number of hydrogen-bond donors (Lipinski definition) is 1. The smallest absolute Gasteiger partial charge is 0.304 e. The second-order valence-electron chi connectivity index (χ2n) is 4.50. The van der Waals surface area contributed by atoms with Crippen molar-refractivity contribution in [1.29, 1.82) is 0 Å². The molecule has 1 unspecified atom stereocenters. The maximum absolute atomic E-state index is 12.3. The molecule has 0 aromatic carbocycles. The Labute approximate surface area is 115 Å². The first-order valence-electron chi connectivity index (χ1n) is 5.90. The first kappa shape index (κ1) is 14.2. The molecule has 1 aromatic heterocycles. The van der Waals surface area contributed by atoms with Gasteiger partial charge in [-0.25, -0.2) is 8.42 Å². The summed E-state index contributed by atoms with van der Waals surface area (Å²) in [5, 5.41) is 10.6. The summed E-state index contributed by atoms with van der Waals surface area (Å²) in [4.78, 5) is 10.0. The second-order valence-corrected chi connectivity index (χ2v) is 7.75. The molecule has 1 aliphatic heterocycles. The van der Waals surface area contributed by atoms with Crippen LogP contribution in [0.3, 0.4) is 0 Å². The fraction of sp³-hybridized carbons (Fsp3) is 0.600. The number of nitrogen functional groups attached to an aromatic ring is 1. The highest BCUT2D eigenvalue weighted by Gasteiger charge is 2.34. The lowest BCUT2D eigenvalue weighted by Gasteiger charge is -2.14. The summed E-state index contributed by atoms with van der Waals surface area (Å²) in [6, 6.07) is 1.05. The summed E-state index contributed by atoms with van der Waals surface area (Å²) in [5.41, 5.74) is 5.15. The molecule has 1 saturated heterocycles. The van der Waals surface area contributed by atoms with Crippen molar-refractivity contribution in [3.05, 3.63) is 16.2 Å². The molecule has 2 N–H and O–H groups in total. The van der Waals surface area contributed by atoms with Crippen molar-refractivity contribution in [1.82, 2.24) is 4.31 Å². The highest BCUT2D eigenvalue weighted by atomic mass is 32.2. The molecule has 0 amide bonds. The Hall–Kier alpha value is -1.19. The zero-order chi connectivity index (χ0) is 14.2. The normalized spacial score (nSPS) is 20.8. The number of sulfonamides is 1. The highest BCUT2D eigenvalue weighted by Crippen LogP contribution is 2.37. The molecule has 1 atom stereocenters. The fourth-order valence-electron chi connectivity index (χ4n) is 2.12. The number of nitrogens with two attached hydrogens (primary N) is 1. The summed E-state index contributed by atoms with van der Waals surface area (Å²) in [6.07, 6.45) is 1.76. The Bertz CT molecular complexity index is 596. The number of nitro groups is 1. The lowest BCUT2D eigenvalue weighted by atomic mass is 10.1. The lowest BCUT2D eigenvalue weighted by Crippen LogP contribution is -2.28. The highest BCUT2D eigenvalue weighted by molar-refractivity contribution is 7.91. The third-order valence-corrected chi connectivity index (χ3v) is 6.60. The summed E-state index contributed by atoms with van der Waals surface area (Å²) < 4.78 is 26.0. The van der Waals surface area contributed by atoms with E-state index in [1.165, 1.54) is 4.31 Å². The molecule has 0 aliphatic carbocycles. The van der Waals surface area contributed by atoms with Crippen molar-refractivity contribution in [2.75, 3.05) is 18.8 Å². The minimum absolute atomic E-state index is 0.0477. The van der Waals surface area contributed by atoms with Crippen LogP contribution in [0.4, 0.5) is 10.7 Å². The van der Waals surface area contributed by atoms with Crippen molar-refractivity contribution in [2.45, 2.75) is 24.0 Å². The van der Waals surface area contributed by atoms with E-state index in [0.29, 0.717) is 19.0 Å². The largest absolute Gasteiger partial charge is 0.385 e. The van der Waals surface area contributed by atoms with Crippen LogP contribution >= 0.6 is 11.3 Å². The quantitative estimate of drug-likeness (QED) is 0.672. The number of nitrogens with zero attached hydrogens (tertiary/aromatic N) is 2. The Morgan fingerprint density at radius 3 is 2.79 bits per heavy atom. The van der Waals surface area contributed by atoms with Gasteiger partial charge in [-0.05, 0) is 12.3 Å². The van der Waals surface area contributed by atoms with E-state index >= 15 is 0 Å². The van der Waals surface area contributed by atoms with Crippen molar-refractivity contribution in [3.8, 4) is 0 Å². The third kappa shape index (κ3) is 2.58. The lowest BCUT2D eigenvalue weighted by molar-refractivity contribution is -0.383. The molecule has 2 heterocycles. The monoisotopic (exact) mass is 305 g/mol. The molecule has 2 rings (SSSR count). The van der Waals surface area contributed by atoms with E-state index in [2.05, 4.69) is 0 Å². The standard InChI is InChI=1S/C10H15N3O4S2/c1-2-7-3-4-12(6-7)19(16,17)9-5-8(13(14)15)10(11)18-9/h5,7H,2-4,6,11H2,1H3. The van der Waals surface area contributed by atoms with E-state index in [4.69, 9.17) is 5.73 Å². The fourth-order valence-corrected chi connectivity index (χ4v) is 5.02. The van der Waals surface area contributed by atoms with Gasteiger partial charge >= 0.3 is 5.69 Å². The van der Waals surface area contributed by atoms with Crippen molar-refractivity contribution < 1.29 is 13.3 Å². The molecule has 0 bridgehead atoms. The molecule has 0 radical (unpaired) electrons. The van der Waals surface area contributed by atoms with Crippen LogP contribution < -0.4 is 5.73 Å². The molecule has 0 saturated carbocycles. The zero-order valence-electron chi connectivity index (χ0n) is 10.4. The second kappa shape index (κ2) is 5.06. The predicted octanol–water partition coefficient (Wildman–Crippen LogP) is 1.66. The molecule has 19 heavy (non-hydrogen) atoms. The SMILES string of the molecule is CCC1CCN(S(=O)(=O)c2cc([N+](=O)[O-])c(N)s2)C1. The van der Waals surface area contributed by atoms with Gasteiger partial charge in [0.1, 0.15) is 4.21 Å². The minimum Gasteiger partial charge on any atom is -0.385 e. The maximum Gasteiger partial charge on any atom is 0.304 e. The van der Waals surface area contributed by atoms with Crippen LogP contribution in [0.25, 0.3) is 0 Å². The summed E-state index contributed by atoms with van der Waals surface area (Å²) >= 11 is 0.752. The topological polar surface area (TPSA) is 107 Å². The van der Waals surface area contributed by atoms with Gasteiger partial charge in [-0.15, -0.1) is 0 Å². The minimum atomic E-state index is -3.65. The van der Waals surface area contributed by atoms with Gasteiger partial charge in [-0.3, -0.25) is 10.1 Å². The van der Waals surface area contributed by atoms with Crippen LogP contribution in [-0.2, 0) is 10.0 Å². The molecule has 9 heteroatoms. The van der Waals surface area contributed by atoms with Crippen molar-refractivity contribution in [2.24, 2.45) is 5.92 Å². The Balaban J connectivity index is 2.30. The summed E-state index contributed by atoms with van der Waals surface area (Å²) in [6.45, 7) is 2.96. The summed E-state index contributed by atoms with van der Waals surface area (Å²) in [5.74, 6) is 0.363. The van der Waals surface area contributed by atoms with Crippen LogP contribution in [0, 0.1) is 16.0 Å². The van der Waals surface area contributed by atoms with Gasteiger partial charge in [0.2, 0.25) is 0 Å². The van der Waals surface area contributed by atoms with Gasteiger partial charge < -0.3 is 5.73 Å². The van der Waals surface area contributed by atoms with Gasteiger partial charge in [-0.1, -0.05) is 24.7 Å². The molecular weight excluding hydrogens is 290 g/mol. The van der Waals surface area contributed by atoms with E-state index in [-0.39, 0.29) is 14.9 Å². The first-order chi connectivity index (χ1) is 8.86. The molecule has 0 spiro atoms. The number of thiophene rings is 1. The summed E-state index contributed by atoms with van der Waals surface area (Å²) in [7, 11) is -3.65. The van der Waals surface area contributed by atoms with Gasteiger partial charge in [0.05, 0.1) is 4.92 Å². The van der Waals surface area contributed by atoms with Gasteiger partial charge in [0.25, 0.3) is 10.0 Å². The van der Waals surface area contributed by atoms with E-state index in [1.54, 1.807) is 0 Å². The van der Waals surface area contributed by atoms with Gasteiger partial charge in [0, 0.05) is 19.2 Å². The Morgan fingerprint density at radius 2 is 2.32 bits per heavy atom. The van der Waals surface area contributed by atoms with Crippen LogP contribution in [0.2, 0.25) is 0 Å². The van der Waals surface area contributed by atoms with Gasteiger partial charge in [0.15, 0.2) is 5.00 Å². The van der Waals surface area contributed by atoms with Crippen molar-refractivity contribution in [3.63, 3.8) is 0 Å². The number of anilines is 1. The van der Waals surface area contributed by atoms with Crippen LogP contribution in [0.15, 0.2) is 10.3 Å². The zero-order valence-corrected chi connectivity index (χ0v) is 12.0. The maximum atomic E-state index is 12.3. The van der Waals surface area contributed by atoms with E-state index < -0.39 is 14.9 Å². The predicted molar refractivity (Wildman–Crippen MR) is 72.5 cm³/mol. The Morgan fingerprint density at radius 1 is 1.63 bits per heavy atom. The van der Waals surface area contributed by atoms with Crippen LogP contribution in [0.1, 0.15) is 19.8 Å². The third-order valence-electron chi connectivity index (χ3n) is 3.33. The number of hydrogen-bond acceptors (Lipinski definition) is 6. The van der Waals surface area contributed by atoms with Crippen LogP contribution in [-0.4, -0.2) is 30.7 Å². The molecule has 1 aliphatic rings. The first-order valence-corrected chi connectivity index (χ1v) is 8.15. The van der Waals surface area contributed by atoms with Crippen molar-refractivity contribution >= 4 is 32.0 Å². The number of rotatable bonds is 4. The average molecular weight is 305 g/mol. The van der Waals surface area contributed by atoms with E-state index in [1.807, 2.05) is 6.92 Å². The Kier molecular flexibility index (Phi) is 3.79. The molecule has 7 nitrogen and oxygen atoms in total. The van der Waals surface area contributed by atoms with E-state index in [9.17, 15) is 18.5 Å². The van der Waals surface area contributed by atoms with Gasteiger partial charge in [-0.2, -0.15) is 4.31 Å².